The van der Waals surface area contributed by atoms with Crippen molar-refractivity contribution in [2.75, 3.05) is 19.7 Å². The number of nitrogens with one attached hydrogen (secondary N) is 2. The predicted octanol–water partition coefficient (Wildman–Crippen LogP) is -1.06. The van der Waals surface area contributed by atoms with Gasteiger partial charge >= 0.3 is 5.97 Å². The maximum absolute atomic E-state index is 11.5. The van der Waals surface area contributed by atoms with E-state index < -0.39 is 18.6 Å². The van der Waals surface area contributed by atoms with Crippen LogP contribution in [0.3, 0.4) is 0 Å². The summed E-state index contributed by atoms with van der Waals surface area (Å²) in [6, 6.07) is -1.19. The van der Waals surface area contributed by atoms with Gasteiger partial charge in [0.1, 0.15) is 6.04 Å². The second kappa shape index (κ2) is 6.44. The Morgan fingerprint density at radius 1 is 1.38 bits per heavy atom. The number of amides is 1. The summed E-state index contributed by atoms with van der Waals surface area (Å²) < 4.78 is 0. The van der Waals surface area contributed by atoms with Gasteiger partial charge in [-0.15, -0.1) is 0 Å². The first-order valence-electron chi connectivity index (χ1n) is 5.47. The lowest BCUT2D eigenvalue weighted by atomic mass is 9.94. The van der Waals surface area contributed by atoms with Gasteiger partial charge in [0.05, 0.1) is 6.61 Å². The Bertz CT molecular complexity index is 251. The van der Waals surface area contributed by atoms with E-state index in [2.05, 4.69) is 10.6 Å². The minimum Gasteiger partial charge on any atom is -0.480 e. The lowest BCUT2D eigenvalue weighted by Gasteiger charge is -2.22. The van der Waals surface area contributed by atoms with Crippen molar-refractivity contribution in [2.24, 2.45) is 5.92 Å². The van der Waals surface area contributed by atoms with Crippen LogP contribution in [0.1, 0.15) is 19.3 Å². The number of carbonyl (C=O) groups is 2. The van der Waals surface area contributed by atoms with E-state index in [9.17, 15) is 9.59 Å². The van der Waals surface area contributed by atoms with Gasteiger partial charge in [-0.1, -0.05) is 0 Å². The standard InChI is InChI=1S/C10H18N2O4/c13-6-8(10(15)16)12-9(14)5-7-1-3-11-4-2-7/h7-8,11,13H,1-6H2,(H,12,14)(H,15,16). The molecule has 1 atom stereocenters. The molecule has 0 spiro atoms. The Balaban J connectivity index is 2.31. The van der Waals surface area contributed by atoms with Gasteiger partial charge in [0.25, 0.3) is 0 Å². The van der Waals surface area contributed by atoms with Gasteiger partial charge in [-0.3, -0.25) is 4.79 Å². The zero-order chi connectivity index (χ0) is 12.0. The Kier molecular flexibility index (Phi) is 5.21. The molecule has 0 aromatic carbocycles. The van der Waals surface area contributed by atoms with Gasteiger partial charge in [-0.2, -0.15) is 0 Å². The molecule has 1 aliphatic heterocycles. The van der Waals surface area contributed by atoms with Crippen LogP contribution >= 0.6 is 0 Å². The van der Waals surface area contributed by atoms with Crippen molar-refractivity contribution in [1.29, 1.82) is 0 Å². The Hall–Kier alpha value is -1.14. The summed E-state index contributed by atoms with van der Waals surface area (Å²) in [5, 5.41) is 22.9. The molecule has 1 rings (SSSR count). The predicted molar refractivity (Wildman–Crippen MR) is 56.9 cm³/mol. The molecule has 1 saturated heterocycles. The number of carbonyl (C=O) groups excluding carboxylic acids is 1. The van der Waals surface area contributed by atoms with E-state index in [-0.39, 0.29) is 5.91 Å². The third kappa shape index (κ3) is 4.16. The summed E-state index contributed by atoms with van der Waals surface area (Å²) in [4.78, 5) is 22.1. The highest BCUT2D eigenvalue weighted by atomic mass is 16.4. The second-order valence-corrected chi connectivity index (χ2v) is 4.04. The average molecular weight is 230 g/mol. The molecule has 0 bridgehead atoms. The third-order valence-electron chi connectivity index (χ3n) is 2.75. The number of hydrogen-bond donors (Lipinski definition) is 4. The van der Waals surface area contributed by atoms with Crippen molar-refractivity contribution in [2.45, 2.75) is 25.3 Å². The molecular formula is C10H18N2O4. The fraction of sp³-hybridized carbons (Fsp3) is 0.800. The zero-order valence-corrected chi connectivity index (χ0v) is 9.11. The fourth-order valence-electron chi connectivity index (χ4n) is 1.79. The monoisotopic (exact) mass is 230 g/mol. The van der Waals surface area contributed by atoms with Crippen molar-refractivity contribution in [3.63, 3.8) is 0 Å². The van der Waals surface area contributed by atoms with E-state index in [1.807, 2.05) is 0 Å². The van der Waals surface area contributed by atoms with Crippen LogP contribution in [0.25, 0.3) is 0 Å². The van der Waals surface area contributed by atoms with Crippen LogP contribution in [0.2, 0.25) is 0 Å². The topological polar surface area (TPSA) is 98.7 Å². The SMILES string of the molecule is O=C(CC1CCNCC1)NC(CO)C(=O)O. The number of aliphatic carboxylic acids is 1. The summed E-state index contributed by atoms with van der Waals surface area (Å²) in [6.07, 6.45) is 2.21. The lowest BCUT2D eigenvalue weighted by Crippen LogP contribution is -2.44. The number of carboxylic acids is 1. The van der Waals surface area contributed by atoms with Gasteiger partial charge in [-0.25, -0.2) is 4.79 Å². The molecule has 6 nitrogen and oxygen atoms in total. The Morgan fingerprint density at radius 3 is 2.50 bits per heavy atom. The second-order valence-electron chi connectivity index (χ2n) is 4.04. The first kappa shape index (κ1) is 12.9. The molecule has 1 aliphatic rings. The highest BCUT2D eigenvalue weighted by Crippen LogP contribution is 2.15. The van der Waals surface area contributed by atoms with Gasteiger partial charge in [0.2, 0.25) is 5.91 Å². The number of aliphatic hydroxyl groups excluding tert-OH is 1. The van der Waals surface area contributed by atoms with Crippen molar-refractivity contribution in [3.05, 3.63) is 0 Å². The summed E-state index contributed by atoms with van der Waals surface area (Å²) in [6.45, 7) is 1.23. The molecule has 0 saturated carbocycles. The van der Waals surface area contributed by atoms with Crippen LogP contribution in [-0.2, 0) is 9.59 Å². The molecule has 0 aliphatic carbocycles. The largest absolute Gasteiger partial charge is 0.480 e. The molecule has 16 heavy (non-hydrogen) atoms. The fourth-order valence-corrected chi connectivity index (χ4v) is 1.79. The van der Waals surface area contributed by atoms with E-state index in [0.29, 0.717) is 12.3 Å². The van der Waals surface area contributed by atoms with Crippen LogP contribution in [-0.4, -0.2) is 47.8 Å². The molecule has 0 aromatic heterocycles. The molecule has 1 fully saturated rings. The first-order chi connectivity index (χ1) is 7.63. The summed E-state index contributed by atoms with van der Waals surface area (Å²) >= 11 is 0. The molecule has 1 amide bonds. The third-order valence-corrected chi connectivity index (χ3v) is 2.75. The van der Waals surface area contributed by atoms with Crippen LogP contribution in [0.4, 0.5) is 0 Å². The highest BCUT2D eigenvalue weighted by Gasteiger charge is 2.21. The van der Waals surface area contributed by atoms with Crippen LogP contribution in [0.15, 0.2) is 0 Å². The van der Waals surface area contributed by atoms with Gasteiger partial charge in [-0.05, 0) is 31.8 Å². The maximum atomic E-state index is 11.5. The van der Waals surface area contributed by atoms with E-state index >= 15 is 0 Å². The van der Waals surface area contributed by atoms with Gasteiger partial charge in [0.15, 0.2) is 0 Å². The summed E-state index contributed by atoms with van der Waals surface area (Å²) in [5.74, 6) is -1.19. The van der Waals surface area contributed by atoms with Crippen LogP contribution < -0.4 is 10.6 Å². The minimum absolute atomic E-state index is 0.298. The molecule has 0 aromatic rings. The van der Waals surface area contributed by atoms with Crippen LogP contribution in [0, 0.1) is 5.92 Å². The maximum Gasteiger partial charge on any atom is 0.328 e. The number of rotatable bonds is 5. The summed E-state index contributed by atoms with van der Waals surface area (Å²) in [5.41, 5.74) is 0. The van der Waals surface area contributed by atoms with E-state index in [4.69, 9.17) is 10.2 Å². The normalized spacial score (nSPS) is 19.1. The smallest absolute Gasteiger partial charge is 0.328 e. The van der Waals surface area contributed by atoms with Gasteiger partial charge < -0.3 is 20.8 Å². The Labute approximate surface area is 94.0 Å². The Morgan fingerprint density at radius 2 is 2.00 bits per heavy atom. The molecular weight excluding hydrogens is 212 g/mol. The molecule has 1 unspecified atom stereocenters. The highest BCUT2D eigenvalue weighted by molar-refractivity contribution is 5.83. The van der Waals surface area contributed by atoms with Crippen molar-refractivity contribution < 1.29 is 19.8 Å². The molecule has 92 valence electrons. The molecule has 0 radical (unpaired) electrons. The lowest BCUT2D eigenvalue weighted by molar-refractivity contribution is -0.143. The van der Waals surface area contributed by atoms with E-state index in [1.54, 1.807) is 0 Å². The van der Waals surface area contributed by atoms with Crippen molar-refractivity contribution in [3.8, 4) is 0 Å². The minimum atomic E-state index is -1.21. The molecule has 6 heteroatoms. The summed E-state index contributed by atoms with van der Waals surface area (Å²) in [7, 11) is 0. The molecule has 4 N–H and O–H groups in total. The molecule has 1 heterocycles. The quantitative estimate of drug-likeness (QED) is 0.482. The van der Waals surface area contributed by atoms with Gasteiger partial charge in [0, 0.05) is 6.42 Å². The number of hydrogen-bond acceptors (Lipinski definition) is 4. The first-order valence-corrected chi connectivity index (χ1v) is 5.47. The van der Waals surface area contributed by atoms with E-state index in [1.165, 1.54) is 0 Å². The zero-order valence-electron chi connectivity index (χ0n) is 9.11. The number of carboxylic acid groups (broad SMARTS) is 1. The number of piperidine rings is 1. The van der Waals surface area contributed by atoms with Crippen LogP contribution in [0.5, 0.6) is 0 Å². The average Bonchev–Trinajstić information content (AvgIpc) is 2.27. The number of aliphatic hydroxyl groups is 1. The van der Waals surface area contributed by atoms with Crippen molar-refractivity contribution in [1.82, 2.24) is 10.6 Å². The van der Waals surface area contributed by atoms with E-state index in [0.717, 1.165) is 25.9 Å². The van der Waals surface area contributed by atoms with Crippen molar-refractivity contribution >= 4 is 11.9 Å².